The minimum Gasteiger partial charge on any atom is -0.483 e. The van der Waals surface area contributed by atoms with E-state index in [4.69, 9.17) is 22.1 Å². The monoisotopic (exact) mass is 444 g/mol. The van der Waals surface area contributed by atoms with Crippen LogP contribution >= 0.6 is 12.2 Å². The number of rotatable bonds is 7. The molecule has 1 aromatic heterocycles. The molecule has 3 saturated heterocycles. The summed E-state index contributed by atoms with van der Waals surface area (Å²) in [6.45, 7) is 7.49. The molecule has 1 unspecified atom stereocenters. The number of thiocarbonyl (C=S) groups is 1. The van der Waals surface area contributed by atoms with E-state index < -0.39 is 0 Å². The van der Waals surface area contributed by atoms with Crippen LogP contribution in [-0.4, -0.2) is 63.1 Å². The van der Waals surface area contributed by atoms with Gasteiger partial charge in [-0.3, -0.25) is 14.7 Å². The molecule has 3 aliphatic rings. The number of aromatic amines is 1. The average molecular weight is 445 g/mol. The number of benzene rings is 1. The Morgan fingerprint density at radius 3 is 2.74 bits per heavy atom. The summed E-state index contributed by atoms with van der Waals surface area (Å²) in [4.78, 5) is 24.8. The van der Waals surface area contributed by atoms with E-state index in [-0.39, 0.29) is 18.4 Å². The van der Waals surface area contributed by atoms with E-state index in [2.05, 4.69) is 46.4 Å². The molecule has 2 atom stereocenters. The molecule has 0 saturated carbocycles. The van der Waals surface area contributed by atoms with Gasteiger partial charge in [0.05, 0.1) is 5.52 Å². The number of nitrogens with zero attached hydrogens (tertiary/aromatic N) is 2. The molecule has 3 fully saturated rings. The Labute approximate surface area is 188 Å². The summed E-state index contributed by atoms with van der Waals surface area (Å²) in [7, 11) is 0. The van der Waals surface area contributed by atoms with Crippen LogP contribution in [0.1, 0.15) is 55.6 Å². The highest BCUT2D eigenvalue weighted by atomic mass is 32.1. The fourth-order valence-corrected chi connectivity index (χ4v) is 4.99. The second kappa shape index (κ2) is 10.8. The molecule has 1 amide bonds. The molecule has 7 nitrogen and oxygen atoms in total. The maximum Gasteiger partial charge on any atom is 0.290 e. The van der Waals surface area contributed by atoms with Crippen LogP contribution in [0.2, 0.25) is 0 Å². The van der Waals surface area contributed by atoms with Crippen LogP contribution in [0.15, 0.2) is 18.2 Å². The van der Waals surface area contributed by atoms with Gasteiger partial charge in [0.15, 0.2) is 5.69 Å². The van der Waals surface area contributed by atoms with Gasteiger partial charge in [-0.15, -0.1) is 0 Å². The summed E-state index contributed by atoms with van der Waals surface area (Å²) in [6, 6.07) is 6.41. The lowest BCUT2D eigenvalue weighted by Gasteiger charge is -2.44. The summed E-state index contributed by atoms with van der Waals surface area (Å²) >= 11 is 5.60. The molecule has 2 bridgehead atoms. The number of fused-ring (bicyclic) bond motifs is 4. The summed E-state index contributed by atoms with van der Waals surface area (Å²) in [5, 5.41) is 18.4. The molecule has 168 valence electrons. The highest BCUT2D eigenvalue weighted by Crippen LogP contribution is 2.28. The molecule has 5 rings (SSSR count). The number of H-pyrrole nitrogens is 1. The minimum absolute atomic E-state index is 0.0654. The van der Waals surface area contributed by atoms with Crippen molar-refractivity contribution in [1.29, 1.82) is 0 Å². The van der Waals surface area contributed by atoms with Crippen molar-refractivity contribution in [1.82, 2.24) is 20.4 Å². The second-order valence-corrected chi connectivity index (χ2v) is 9.29. The number of aromatic nitrogens is 2. The highest BCUT2D eigenvalue weighted by molar-refractivity contribution is 7.80. The average Bonchev–Trinajstić information content (AvgIpc) is 3.18. The van der Waals surface area contributed by atoms with Crippen molar-refractivity contribution in [2.45, 2.75) is 52.0 Å². The van der Waals surface area contributed by atoms with Gasteiger partial charge in [0.1, 0.15) is 0 Å². The number of piperidine rings is 3. The van der Waals surface area contributed by atoms with Crippen molar-refractivity contribution < 1.29 is 14.7 Å². The maximum absolute atomic E-state index is 12.9. The Bertz CT molecular complexity index is 921. The molecule has 0 spiro atoms. The van der Waals surface area contributed by atoms with Crippen molar-refractivity contribution in [3.63, 3.8) is 0 Å². The third-order valence-electron chi connectivity index (χ3n) is 6.49. The smallest absolute Gasteiger partial charge is 0.290 e. The number of hydrogen-bond donors (Lipinski definition) is 3. The van der Waals surface area contributed by atoms with Crippen LogP contribution in [0.3, 0.4) is 0 Å². The van der Waals surface area contributed by atoms with E-state index in [0.29, 0.717) is 17.5 Å². The minimum atomic E-state index is -0.250. The molecule has 4 heterocycles. The summed E-state index contributed by atoms with van der Waals surface area (Å²) in [5.41, 5.74) is 2.55. The van der Waals surface area contributed by atoms with Gasteiger partial charge in [-0.25, -0.2) is 0 Å². The number of hydrogen-bond acceptors (Lipinski definition) is 5. The van der Waals surface area contributed by atoms with Crippen molar-refractivity contribution in [3.05, 3.63) is 29.5 Å². The first kappa shape index (κ1) is 23.3. The maximum atomic E-state index is 12.9. The molecule has 3 aliphatic heterocycles. The van der Waals surface area contributed by atoms with E-state index in [9.17, 15) is 4.79 Å². The van der Waals surface area contributed by atoms with Crippen LogP contribution in [0.5, 0.6) is 0 Å². The van der Waals surface area contributed by atoms with E-state index in [1.165, 1.54) is 25.9 Å². The number of carbonyl (C=O) groups excluding carboxylic acids is 1. The number of carbonyl (C=O) groups is 2. The molecule has 2 aromatic rings. The third kappa shape index (κ3) is 5.89. The lowest BCUT2D eigenvalue weighted by molar-refractivity contribution is -0.122. The van der Waals surface area contributed by atoms with Gasteiger partial charge in [-0.1, -0.05) is 38.6 Å². The van der Waals surface area contributed by atoms with Crippen LogP contribution in [-0.2, 0) is 11.2 Å². The molecular weight excluding hydrogens is 412 g/mol. The van der Waals surface area contributed by atoms with Gasteiger partial charge in [0.25, 0.3) is 12.4 Å². The van der Waals surface area contributed by atoms with Crippen LogP contribution in [0.25, 0.3) is 10.9 Å². The highest BCUT2D eigenvalue weighted by Gasteiger charge is 2.35. The van der Waals surface area contributed by atoms with Gasteiger partial charge in [-0.05, 0) is 66.7 Å². The van der Waals surface area contributed by atoms with E-state index in [1.54, 1.807) is 0 Å². The predicted octanol–water partition coefficient (Wildman–Crippen LogP) is 3.44. The molecular formula is C23H32N4O3S. The Hall–Kier alpha value is -2.32. The fourth-order valence-electron chi connectivity index (χ4n) is 4.54. The largest absolute Gasteiger partial charge is 0.483 e. The zero-order chi connectivity index (χ0) is 22.4. The van der Waals surface area contributed by atoms with Gasteiger partial charge >= 0.3 is 0 Å². The molecule has 1 aromatic carbocycles. The van der Waals surface area contributed by atoms with E-state index in [0.717, 1.165) is 47.1 Å². The Kier molecular flexibility index (Phi) is 8.15. The number of carboxylic acid groups (broad SMARTS) is 1. The molecule has 0 aliphatic carbocycles. The quantitative estimate of drug-likeness (QED) is 0.447. The first-order valence-electron chi connectivity index (χ1n) is 11.0. The van der Waals surface area contributed by atoms with Crippen LogP contribution in [0, 0.1) is 11.8 Å². The number of nitrogens with one attached hydrogen (secondary N) is 2. The molecule has 0 radical (unpaired) electrons. The fraction of sp³-hybridized carbons (Fsp3) is 0.565. The summed E-state index contributed by atoms with van der Waals surface area (Å²) in [5.74, 6) is 1.16. The Morgan fingerprint density at radius 1 is 1.42 bits per heavy atom. The lowest BCUT2D eigenvalue weighted by atomic mass is 9.84. The third-order valence-corrected chi connectivity index (χ3v) is 6.80. The molecule has 8 heteroatoms. The van der Waals surface area contributed by atoms with Crippen molar-refractivity contribution in [2.24, 2.45) is 11.8 Å². The van der Waals surface area contributed by atoms with Gasteiger partial charge in [-0.2, -0.15) is 5.10 Å². The first-order chi connectivity index (χ1) is 14.9. The first-order valence-corrected chi connectivity index (χ1v) is 11.5. The predicted molar refractivity (Wildman–Crippen MR) is 126 cm³/mol. The zero-order valence-electron chi connectivity index (χ0n) is 18.3. The summed E-state index contributed by atoms with van der Waals surface area (Å²) < 4.78 is 0. The topological polar surface area (TPSA) is 98.3 Å². The van der Waals surface area contributed by atoms with Crippen molar-refractivity contribution in [3.8, 4) is 0 Å². The van der Waals surface area contributed by atoms with Gasteiger partial charge < -0.3 is 15.3 Å². The zero-order valence-corrected chi connectivity index (χ0v) is 19.1. The number of amides is 1. The Balaban J connectivity index is 0.000000858. The lowest BCUT2D eigenvalue weighted by Crippen LogP contribution is -2.57. The SMILES string of the molecule is CCC(C)CC(=S)Cc1ccc2[nH]nc(C(=O)N[C@H]3CN4CCC3CC4)c2c1.O=CO. The molecule has 31 heavy (non-hydrogen) atoms. The standard InChI is InChI=1S/C22H30N4OS.CH2O2/c1-3-14(2)10-17(28)11-15-4-5-19-18(12-15)21(25-24-19)22(27)23-20-13-26-8-6-16(20)7-9-26;2-1-3/h4-5,12,14,16,20H,3,6-11,13H2,1-2H3,(H,23,27)(H,24,25);1H,(H,2,3)/t14?,20-;/m0./s1. The normalized spacial score (nSPS) is 23.0. The van der Waals surface area contributed by atoms with Crippen molar-refractivity contribution >= 4 is 40.4 Å². The molecule has 3 N–H and O–H groups in total. The van der Waals surface area contributed by atoms with Gasteiger partial charge in [0, 0.05) is 24.4 Å². The van der Waals surface area contributed by atoms with E-state index >= 15 is 0 Å². The van der Waals surface area contributed by atoms with E-state index in [1.807, 2.05) is 6.07 Å². The van der Waals surface area contributed by atoms with Crippen LogP contribution < -0.4 is 5.32 Å². The Morgan fingerprint density at radius 2 is 2.13 bits per heavy atom. The van der Waals surface area contributed by atoms with Crippen LogP contribution in [0.4, 0.5) is 0 Å². The van der Waals surface area contributed by atoms with Crippen molar-refractivity contribution in [2.75, 3.05) is 19.6 Å². The second-order valence-electron chi connectivity index (χ2n) is 8.71. The summed E-state index contributed by atoms with van der Waals surface area (Å²) in [6.07, 6.45) is 5.27. The van der Waals surface area contributed by atoms with Gasteiger partial charge in [0.2, 0.25) is 0 Å².